The standard InChI is InChI=1S/C8H15NO6/c1-4(11)9-15-7-2-5(12)8(13)6(3-10)14-7/h5-8,10,12-13H,2-3H2,1H3,(H,9,11)/t5-,6-,7?,8+/m1/s1. The largest absolute Gasteiger partial charge is 0.394 e. The fourth-order valence-electron chi connectivity index (χ4n) is 1.29. The van der Waals surface area contributed by atoms with Crippen LogP contribution in [0.2, 0.25) is 0 Å². The van der Waals surface area contributed by atoms with E-state index in [1.807, 2.05) is 0 Å². The zero-order valence-corrected chi connectivity index (χ0v) is 8.29. The van der Waals surface area contributed by atoms with E-state index in [0.29, 0.717) is 0 Å². The van der Waals surface area contributed by atoms with Gasteiger partial charge >= 0.3 is 0 Å². The number of hydrogen-bond donors (Lipinski definition) is 4. The molecular weight excluding hydrogens is 206 g/mol. The van der Waals surface area contributed by atoms with E-state index in [2.05, 4.69) is 5.48 Å². The maximum atomic E-state index is 10.5. The Balaban J connectivity index is 2.44. The molecule has 0 aromatic rings. The second kappa shape index (κ2) is 5.38. The number of aliphatic hydroxyl groups excluding tert-OH is 3. The molecule has 0 bridgehead atoms. The molecule has 15 heavy (non-hydrogen) atoms. The number of aliphatic hydroxyl groups is 3. The molecule has 0 saturated carbocycles. The number of hydrogen-bond acceptors (Lipinski definition) is 6. The molecule has 7 nitrogen and oxygen atoms in total. The van der Waals surface area contributed by atoms with Crippen LogP contribution in [0.4, 0.5) is 0 Å². The molecule has 1 aliphatic rings. The Morgan fingerprint density at radius 2 is 2.27 bits per heavy atom. The summed E-state index contributed by atoms with van der Waals surface area (Å²) in [4.78, 5) is 15.3. The first-order valence-electron chi connectivity index (χ1n) is 4.59. The van der Waals surface area contributed by atoms with E-state index in [0.717, 1.165) is 0 Å². The van der Waals surface area contributed by atoms with Crippen molar-refractivity contribution in [2.75, 3.05) is 6.61 Å². The van der Waals surface area contributed by atoms with E-state index in [1.54, 1.807) is 0 Å². The van der Waals surface area contributed by atoms with E-state index < -0.39 is 37.1 Å². The van der Waals surface area contributed by atoms with Gasteiger partial charge in [-0.1, -0.05) is 0 Å². The topological polar surface area (TPSA) is 108 Å². The zero-order chi connectivity index (χ0) is 11.4. The van der Waals surface area contributed by atoms with E-state index in [9.17, 15) is 15.0 Å². The molecule has 0 radical (unpaired) electrons. The van der Waals surface area contributed by atoms with E-state index in [1.165, 1.54) is 6.92 Å². The molecule has 0 aromatic heterocycles. The summed E-state index contributed by atoms with van der Waals surface area (Å²) in [6.45, 7) is 0.829. The molecule has 0 spiro atoms. The highest BCUT2D eigenvalue weighted by Gasteiger charge is 2.37. The maximum absolute atomic E-state index is 10.5. The highest BCUT2D eigenvalue weighted by atomic mass is 16.8. The summed E-state index contributed by atoms with van der Waals surface area (Å²) in [6.07, 6.45) is -3.95. The van der Waals surface area contributed by atoms with Crippen molar-refractivity contribution in [1.82, 2.24) is 5.48 Å². The van der Waals surface area contributed by atoms with Crippen LogP contribution in [-0.4, -0.2) is 52.4 Å². The fourth-order valence-corrected chi connectivity index (χ4v) is 1.29. The summed E-state index contributed by atoms with van der Waals surface area (Å²) in [5.74, 6) is -0.403. The lowest BCUT2D eigenvalue weighted by Crippen LogP contribution is -2.51. The van der Waals surface area contributed by atoms with Gasteiger partial charge in [0.15, 0.2) is 6.29 Å². The van der Waals surface area contributed by atoms with Gasteiger partial charge in [0.2, 0.25) is 5.91 Å². The van der Waals surface area contributed by atoms with Gasteiger partial charge in [-0.3, -0.25) is 4.79 Å². The van der Waals surface area contributed by atoms with Gasteiger partial charge in [0.1, 0.15) is 12.2 Å². The average molecular weight is 221 g/mol. The number of carbonyl (C=O) groups excluding carboxylic acids is 1. The Morgan fingerprint density at radius 1 is 1.60 bits per heavy atom. The van der Waals surface area contributed by atoms with Crippen molar-refractivity contribution in [3.8, 4) is 0 Å². The van der Waals surface area contributed by atoms with Crippen molar-refractivity contribution in [1.29, 1.82) is 0 Å². The molecular formula is C8H15NO6. The first-order chi connectivity index (χ1) is 7.04. The quantitative estimate of drug-likeness (QED) is 0.406. The Bertz CT molecular complexity index is 223. The van der Waals surface area contributed by atoms with Crippen molar-refractivity contribution in [3.63, 3.8) is 0 Å². The van der Waals surface area contributed by atoms with Crippen molar-refractivity contribution < 1.29 is 29.7 Å². The molecule has 1 rings (SSSR count). The molecule has 1 amide bonds. The third kappa shape index (κ3) is 3.40. The molecule has 1 unspecified atom stereocenters. The third-order valence-electron chi connectivity index (χ3n) is 2.05. The molecule has 88 valence electrons. The van der Waals surface area contributed by atoms with Crippen LogP contribution >= 0.6 is 0 Å². The lowest BCUT2D eigenvalue weighted by Gasteiger charge is -2.35. The molecule has 4 atom stereocenters. The van der Waals surface area contributed by atoms with Crippen molar-refractivity contribution in [2.45, 2.75) is 37.9 Å². The Morgan fingerprint density at radius 3 is 2.80 bits per heavy atom. The molecule has 0 aromatic carbocycles. The number of amides is 1. The normalized spacial score (nSPS) is 36.3. The second-order valence-corrected chi connectivity index (χ2v) is 3.36. The minimum absolute atomic E-state index is 0.0257. The van der Waals surface area contributed by atoms with Crippen molar-refractivity contribution >= 4 is 5.91 Å². The first kappa shape index (κ1) is 12.3. The van der Waals surface area contributed by atoms with Crippen LogP contribution in [0.15, 0.2) is 0 Å². The predicted octanol–water partition coefficient (Wildman–Crippen LogP) is -2.12. The number of ether oxygens (including phenoxy) is 1. The minimum Gasteiger partial charge on any atom is -0.394 e. The predicted molar refractivity (Wildman–Crippen MR) is 47.3 cm³/mol. The molecule has 1 heterocycles. The second-order valence-electron chi connectivity index (χ2n) is 3.36. The molecule has 0 aliphatic carbocycles. The molecule has 1 fully saturated rings. The van der Waals surface area contributed by atoms with Crippen LogP contribution in [0.3, 0.4) is 0 Å². The van der Waals surface area contributed by atoms with Crippen LogP contribution in [0.5, 0.6) is 0 Å². The lowest BCUT2D eigenvalue weighted by molar-refractivity contribution is -0.271. The number of nitrogens with one attached hydrogen (secondary N) is 1. The third-order valence-corrected chi connectivity index (χ3v) is 2.05. The van der Waals surface area contributed by atoms with Gasteiger partial charge in [-0.05, 0) is 0 Å². The summed E-state index contributed by atoms with van der Waals surface area (Å²) in [7, 11) is 0. The van der Waals surface area contributed by atoms with Gasteiger partial charge in [0, 0.05) is 13.3 Å². The number of carbonyl (C=O) groups is 1. The van der Waals surface area contributed by atoms with Crippen LogP contribution in [0.25, 0.3) is 0 Å². The highest BCUT2D eigenvalue weighted by Crippen LogP contribution is 2.20. The first-order valence-corrected chi connectivity index (χ1v) is 4.59. The monoisotopic (exact) mass is 221 g/mol. The Labute approximate surface area is 86.6 Å². The van der Waals surface area contributed by atoms with Gasteiger partial charge in [0.05, 0.1) is 12.7 Å². The zero-order valence-electron chi connectivity index (χ0n) is 8.29. The average Bonchev–Trinajstić information content (AvgIpc) is 2.19. The maximum Gasteiger partial charge on any atom is 0.240 e. The van der Waals surface area contributed by atoms with Crippen molar-refractivity contribution in [3.05, 3.63) is 0 Å². The van der Waals surface area contributed by atoms with E-state index >= 15 is 0 Å². The SMILES string of the molecule is CC(=O)NOC1C[C@@H](O)[C@H](O)[C@@H](CO)O1. The summed E-state index contributed by atoms with van der Waals surface area (Å²) < 4.78 is 5.07. The number of hydroxylamine groups is 1. The van der Waals surface area contributed by atoms with E-state index in [4.69, 9.17) is 14.7 Å². The Hall–Kier alpha value is -0.730. The molecule has 1 aliphatic heterocycles. The summed E-state index contributed by atoms with van der Waals surface area (Å²) >= 11 is 0. The van der Waals surface area contributed by atoms with Crippen LogP contribution in [0.1, 0.15) is 13.3 Å². The molecule has 1 saturated heterocycles. The van der Waals surface area contributed by atoms with Gasteiger partial charge in [-0.2, -0.15) is 0 Å². The summed E-state index contributed by atoms with van der Waals surface area (Å²) in [5, 5.41) is 27.6. The fraction of sp³-hybridized carbons (Fsp3) is 0.875. The van der Waals surface area contributed by atoms with Gasteiger partial charge in [-0.25, -0.2) is 10.3 Å². The minimum atomic E-state index is -1.15. The summed E-state index contributed by atoms with van der Waals surface area (Å²) in [5.41, 5.74) is 2.06. The van der Waals surface area contributed by atoms with Crippen molar-refractivity contribution in [2.24, 2.45) is 0 Å². The molecule has 7 heteroatoms. The van der Waals surface area contributed by atoms with Gasteiger partial charge < -0.3 is 20.1 Å². The lowest BCUT2D eigenvalue weighted by atomic mass is 10.0. The van der Waals surface area contributed by atoms with Gasteiger partial charge in [0.25, 0.3) is 0 Å². The Kier molecular flexibility index (Phi) is 4.43. The van der Waals surface area contributed by atoms with Crippen LogP contribution < -0.4 is 5.48 Å². The van der Waals surface area contributed by atoms with Crippen LogP contribution in [0, 0.1) is 0 Å². The van der Waals surface area contributed by atoms with Crippen LogP contribution in [-0.2, 0) is 14.4 Å². The smallest absolute Gasteiger partial charge is 0.240 e. The van der Waals surface area contributed by atoms with E-state index in [-0.39, 0.29) is 6.42 Å². The highest BCUT2D eigenvalue weighted by molar-refractivity contribution is 5.71. The summed E-state index contributed by atoms with van der Waals surface area (Å²) in [6, 6.07) is 0. The molecule has 4 N–H and O–H groups in total. The number of rotatable bonds is 3. The van der Waals surface area contributed by atoms with Gasteiger partial charge in [-0.15, -0.1) is 0 Å².